The molecule has 0 saturated carbocycles. The fourth-order valence-corrected chi connectivity index (χ4v) is 4.80. The zero-order valence-corrected chi connectivity index (χ0v) is 19.7. The maximum atomic E-state index is 13.5. The van der Waals surface area contributed by atoms with Crippen molar-refractivity contribution >= 4 is 29.1 Å². The van der Waals surface area contributed by atoms with Gasteiger partial charge in [0.25, 0.3) is 5.56 Å². The van der Waals surface area contributed by atoms with E-state index in [-0.39, 0.29) is 5.56 Å². The molecule has 1 aromatic carbocycles. The summed E-state index contributed by atoms with van der Waals surface area (Å²) in [6.07, 6.45) is 3.56. The number of hydrogen-bond acceptors (Lipinski definition) is 7. The van der Waals surface area contributed by atoms with Crippen molar-refractivity contribution in [1.82, 2.24) is 14.3 Å². The lowest BCUT2D eigenvalue weighted by atomic mass is 9.95. The van der Waals surface area contributed by atoms with Gasteiger partial charge in [0, 0.05) is 38.1 Å². The van der Waals surface area contributed by atoms with Crippen LogP contribution in [-0.2, 0) is 16.6 Å². The van der Waals surface area contributed by atoms with Crippen molar-refractivity contribution in [3.05, 3.63) is 78.2 Å². The summed E-state index contributed by atoms with van der Waals surface area (Å²) >= 11 is 1.30. The first-order valence-corrected chi connectivity index (χ1v) is 10.9. The Morgan fingerprint density at radius 1 is 1.22 bits per heavy atom. The fraction of sp³-hybridized carbons (Fsp3) is 0.304. The second kappa shape index (κ2) is 8.23. The average Bonchev–Trinajstić information content (AvgIpc) is 3.25. The molecule has 0 saturated heterocycles. The summed E-state index contributed by atoms with van der Waals surface area (Å²) in [7, 11) is 7.12. The Hall–Kier alpha value is -3.46. The topological polar surface area (TPSA) is 81.7 Å². The van der Waals surface area contributed by atoms with E-state index in [0.29, 0.717) is 20.6 Å². The Kier molecular flexibility index (Phi) is 5.60. The molecule has 3 heterocycles. The number of rotatable bonds is 4. The molecular weight excluding hydrogens is 426 g/mol. The van der Waals surface area contributed by atoms with Gasteiger partial charge in [-0.25, -0.2) is 9.79 Å². The predicted molar refractivity (Wildman–Crippen MR) is 124 cm³/mol. The quantitative estimate of drug-likeness (QED) is 0.562. The number of fused-ring (bicyclic) bond motifs is 1. The Labute approximate surface area is 189 Å². The zero-order chi connectivity index (χ0) is 23.2. The number of nitrogens with zero attached hydrogens (tertiary/aromatic N) is 5. The first kappa shape index (κ1) is 21.8. The van der Waals surface area contributed by atoms with Gasteiger partial charge in [0.05, 0.1) is 35.2 Å². The van der Waals surface area contributed by atoms with Gasteiger partial charge in [-0.1, -0.05) is 23.5 Å². The molecule has 0 fully saturated rings. The summed E-state index contributed by atoms with van der Waals surface area (Å²) < 4.78 is 8.94. The standard InChI is InChI=1S/C23H25N5O3S/c1-13-19(22(30)31-6)20(15-7-9-17(10-8-15)26(3)4)28-21(29)18(32-23(28)25-13)11-16-12-24-27(5)14(16)2/h7-12,20H,1-6H3/b18-11-. The number of aromatic nitrogens is 3. The lowest BCUT2D eigenvalue weighted by Gasteiger charge is -2.25. The molecule has 1 unspecified atom stereocenters. The maximum absolute atomic E-state index is 13.5. The molecule has 0 N–H and O–H groups in total. The van der Waals surface area contributed by atoms with Crippen LogP contribution in [0.15, 0.2) is 51.5 Å². The number of carbonyl (C=O) groups is 1. The highest BCUT2D eigenvalue weighted by molar-refractivity contribution is 7.07. The minimum absolute atomic E-state index is 0.201. The van der Waals surface area contributed by atoms with E-state index in [1.54, 1.807) is 22.4 Å². The molecule has 1 atom stereocenters. The molecule has 1 aliphatic heterocycles. The van der Waals surface area contributed by atoms with Crippen molar-refractivity contribution in [2.75, 3.05) is 26.1 Å². The van der Waals surface area contributed by atoms with Crippen molar-refractivity contribution < 1.29 is 9.53 Å². The van der Waals surface area contributed by atoms with Crippen LogP contribution in [-0.4, -0.2) is 41.5 Å². The number of aryl methyl sites for hydroxylation is 1. The van der Waals surface area contributed by atoms with Crippen LogP contribution in [0.2, 0.25) is 0 Å². The van der Waals surface area contributed by atoms with Crippen LogP contribution in [0, 0.1) is 6.92 Å². The van der Waals surface area contributed by atoms with Crippen molar-refractivity contribution in [3.63, 3.8) is 0 Å². The van der Waals surface area contributed by atoms with E-state index in [4.69, 9.17) is 4.74 Å². The van der Waals surface area contributed by atoms with Gasteiger partial charge >= 0.3 is 5.97 Å². The van der Waals surface area contributed by atoms with Crippen molar-refractivity contribution in [2.45, 2.75) is 19.9 Å². The van der Waals surface area contributed by atoms with Gasteiger partial charge < -0.3 is 9.64 Å². The van der Waals surface area contributed by atoms with Crippen LogP contribution < -0.4 is 19.8 Å². The number of allylic oxidation sites excluding steroid dienone is 1. The van der Waals surface area contributed by atoms with Crippen LogP contribution in [0.4, 0.5) is 5.69 Å². The van der Waals surface area contributed by atoms with Gasteiger partial charge in [-0.05, 0) is 37.6 Å². The molecule has 32 heavy (non-hydrogen) atoms. The molecule has 0 aliphatic carbocycles. The van der Waals surface area contributed by atoms with Gasteiger partial charge in [-0.3, -0.25) is 14.0 Å². The number of benzene rings is 1. The highest BCUT2D eigenvalue weighted by atomic mass is 32.1. The Balaban J connectivity index is 1.96. The van der Waals surface area contributed by atoms with Crippen molar-refractivity contribution in [3.8, 4) is 0 Å². The highest BCUT2D eigenvalue weighted by Crippen LogP contribution is 2.31. The van der Waals surface area contributed by atoms with E-state index < -0.39 is 12.0 Å². The number of thiazole rings is 1. The third-order valence-electron chi connectivity index (χ3n) is 5.71. The minimum atomic E-state index is -0.618. The number of ether oxygens (including phenoxy) is 1. The highest BCUT2D eigenvalue weighted by Gasteiger charge is 2.33. The minimum Gasteiger partial charge on any atom is -0.466 e. The van der Waals surface area contributed by atoms with Crippen molar-refractivity contribution in [1.29, 1.82) is 0 Å². The number of methoxy groups -OCH3 is 1. The SMILES string of the molecule is COC(=O)C1=C(C)N=c2s/c(=C\c3cnn(C)c3C)c(=O)n2C1c1ccc(N(C)C)cc1. The molecular formula is C23H25N5O3S. The van der Waals surface area contributed by atoms with Crippen LogP contribution in [0.1, 0.15) is 29.8 Å². The van der Waals surface area contributed by atoms with Gasteiger partial charge in [-0.15, -0.1) is 0 Å². The van der Waals surface area contributed by atoms with E-state index in [9.17, 15) is 9.59 Å². The summed E-state index contributed by atoms with van der Waals surface area (Å²) in [5.41, 5.74) is 4.37. The third-order valence-corrected chi connectivity index (χ3v) is 6.69. The van der Waals surface area contributed by atoms with Gasteiger partial charge in [0.15, 0.2) is 4.80 Å². The van der Waals surface area contributed by atoms with E-state index in [2.05, 4.69) is 10.1 Å². The Morgan fingerprint density at radius 3 is 2.47 bits per heavy atom. The molecule has 3 aromatic rings. The lowest BCUT2D eigenvalue weighted by molar-refractivity contribution is -0.136. The van der Waals surface area contributed by atoms with E-state index in [1.807, 2.05) is 63.3 Å². The number of hydrogen-bond donors (Lipinski definition) is 0. The summed E-state index contributed by atoms with van der Waals surface area (Å²) in [6.45, 7) is 3.72. The van der Waals surface area contributed by atoms with Gasteiger partial charge in [0.2, 0.25) is 0 Å². The van der Waals surface area contributed by atoms with Crippen LogP contribution >= 0.6 is 11.3 Å². The van der Waals surface area contributed by atoms with Gasteiger partial charge in [0.1, 0.15) is 0 Å². The normalized spacial score (nSPS) is 16.1. The Morgan fingerprint density at radius 2 is 1.91 bits per heavy atom. The van der Waals surface area contributed by atoms with Gasteiger partial charge in [-0.2, -0.15) is 5.10 Å². The molecule has 166 valence electrons. The molecule has 1 aliphatic rings. The second-order valence-electron chi connectivity index (χ2n) is 7.87. The fourth-order valence-electron chi connectivity index (χ4n) is 3.76. The molecule has 0 radical (unpaired) electrons. The zero-order valence-electron chi connectivity index (χ0n) is 18.9. The molecule has 2 aromatic heterocycles. The number of esters is 1. The van der Waals surface area contributed by atoms with E-state index in [1.165, 1.54) is 18.4 Å². The number of carbonyl (C=O) groups excluding carboxylic acids is 1. The molecule has 4 rings (SSSR count). The first-order valence-electron chi connectivity index (χ1n) is 10.1. The largest absolute Gasteiger partial charge is 0.466 e. The lowest BCUT2D eigenvalue weighted by Crippen LogP contribution is -2.39. The van der Waals surface area contributed by atoms with E-state index >= 15 is 0 Å². The molecule has 0 spiro atoms. The summed E-state index contributed by atoms with van der Waals surface area (Å²) in [6, 6.07) is 7.18. The maximum Gasteiger partial charge on any atom is 0.338 e. The molecule has 0 bridgehead atoms. The van der Waals surface area contributed by atoms with Crippen molar-refractivity contribution in [2.24, 2.45) is 12.0 Å². The average molecular weight is 452 g/mol. The van der Waals surface area contributed by atoms with E-state index in [0.717, 1.165) is 22.5 Å². The third kappa shape index (κ3) is 3.58. The smallest absolute Gasteiger partial charge is 0.338 e. The molecule has 0 amide bonds. The molecule has 8 nitrogen and oxygen atoms in total. The predicted octanol–water partition coefficient (Wildman–Crippen LogP) is 1.52. The summed E-state index contributed by atoms with van der Waals surface area (Å²) in [5, 5.41) is 4.25. The summed E-state index contributed by atoms with van der Waals surface area (Å²) in [5.74, 6) is -0.495. The van der Waals surface area contributed by atoms with Crippen LogP contribution in [0.3, 0.4) is 0 Å². The monoisotopic (exact) mass is 451 g/mol. The van der Waals surface area contributed by atoms with Crippen LogP contribution in [0.25, 0.3) is 6.08 Å². The Bertz CT molecular complexity index is 1410. The number of anilines is 1. The molecule has 9 heteroatoms. The first-order chi connectivity index (χ1) is 15.2. The summed E-state index contributed by atoms with van der Waals surface area (Å²) in [4.78, 5) is 33.4. The second-order valence-corrected chi connectivity index (χ2v) is 8.88. The van der Waals surface area contributed by atoms with Crippen LogP contribution in [0.5, 0.6) is 0 Å².